The van der Waals surface area contributed by atoms with Crippen LogP contribution in [0.4, 0.5) is 11.9 Å². The van der Waals surface area contributed by atoms with Crippen LogP contribution in [0.5, 0.6) is 6.01 Å². The number of hydrogen-bond donors (Lipinski definition) is 0. The molecule has 106 valence electrons. The molecule has 1 atom stereocenters. The number of nitrogens with zero attached hydrogens (tertiary/aromatic N) is 5. The Kier molecular flexibility index (Phi) is 4.36. The van der Waals surface area contributed by atoms with Gasteiger partial charge >= 0.3 is 6.01 Å². The van der Waals surface area contributed by atoms with Crippen LogP contribution in [-0.2, 0) is 4.74 Å². The number of aromatic nitrogens is 3. The molecule has 0 N–H and O–H groups in total. The molecule has 19 heavy (non-hydrogen) atoms. The summed E-state index contributed by atoms with van der Waals surface area (Å²) in [5, 5.41) is 0. The molecule has 0 amide bonds. The fourth-order valence-corrected chi connectivity index (χ4v) is 1.74. The van der Waals surface area contributed by atoms with E-state index in [0.29, 0.717) is 24.5 Å². The molecule has 1 aliphatic heterocycles. The summed E-state index contributed by atoms with van der Waals surface area (Å²) in [6, 6.07) is 0.345. The number of anilines is 2. The van der Waals surface area contributed by atoms with Crippen molar-refractivity contribution >= 4 is 11.9 Å². The van der Waals surface area contributed by atoms with E-state index in [9.17, 15) is 0 Å². The van der Waals surface area contributed by atoms with Crippen molar-refractivity contribution < 1.29 is 9.47 Å². The van der Waals surface area contributed by atoms with E-state index >= 15 is 0 Å². The van der Waals surface area contributed by atoms with Gasteiger partial charge in [-0.05, 0) is 12.8 Å². The van der Waals surface area contributed by atoms with Gasteiger partial charge in [-0.1, -0.05) is 0 Å². The second-order valence-electron chi connectivity index (χ2n) is 4.95. The lowest BCUT2D eigenvalue weighted by molar-refractivity contribution is 0.0645. The maximum absolute atomic E-state index is 5.63. The molecule has 1 saturated heterocycles. The molecule has 1 aliphatic rings. The van der Waals surface area contributed by atoms with Crippen LogP contribution < -0.4 is 14.5 Å². The van der Waals surface area contributed by atoms with Gasteiger partial charge in [-0.15, -0.1) is 0 Å². The summed E-state index contributed by atoms with van der Waals surface area (Å²) in [7, 11) is 7.55. The molecule has 2 heterocycles. The van der Waals surface area contributed by atoms with Crippen LogP contribution in [0.1, 0.15) is 12.8 Å². The van der Waals surface area contributed by atoms with Crippen molar-refractivity contribution in [3.63, 3.8) is 0 Å². The Hall–Kier alpha value is -1.63. The largest absolute Gasteiger partial charge is 0.461 e. The SMILES string of the molecule is CN(C)c1nc(OC[C@@H]2CCCO2)nc(N(C)C)n1. The summed E-state index contributed by atoms with van der Waals surface area (Å²) in [5.41, 5.74) is 0. The van der Waals surface area contributed by atoms with Crippen molar-refractivity contribution in [2.24, 2.45) is 0 Å². The van der Waals surface area contributed by atoms with E-state index in [1.807, 2.05) is 38.0 Å². The van der Waals surface area contributed by atoms with Crippen molar-refractivity contribution in [2.75, 3.05) is 51.2 Å². The Morgan fingerprint density at radius 3 is 2.21 bits per heavy atom. The van der Waals surface area contributed by atoms with Gasteiger partial charge in [0.1, 0.15) is 6.61 Å². The molecule has 7 heteroatoms. The molecule has 1 fully saturated rings. The van der Waals surface area contributed by atoms with Crippen LogP contribution in [0, 0.1) is 0 Å². The monoisotopic (exact) mass is 267 g/mol. The molecular formula is C12H21N5O2. The first-order valence-electron chi connectivity index (χ1n) is 6.41. The minimum absolute atomic E-state index is 0.155. The maximum Gasteiger partial charge on any atom is 0.323 e. The molecule has 7 nitrogen and oxygen atoms in total. The first kappa shape index (κ1) is 13.8. The molecule has 0 radical (unpaired) electrons. The van der Waals surface area contributed by atoms with Crippen molar-refractivity contribution in [1.29, 1.82) is 0 Å². The first-order valence-corrected chi connectivity index (χ1v) is 6.41. The zero-order valence-electron chi connectivity index (χ0n) is 12.0. The van der Waals surface area contributed by atoms with Crippen molar-refractivity contribution in [3.8, 4) is 6.01 Å². The molecule has 1 aromatic heterocycles. The van der Waals surface area contributed by atoms with E-state index in [1.54, 1.807) is 0 Å². The van der Waals surface area contributed by atoms with E-state index in [-0.39, 0.29) is 6.10 Å². The van der Waals surface area contributed by atoms with Gasteiger partial charge in [-0.3, -0.25) is 0 Å². The summed E-state index contributed by atoms with van der Waals surface area (Å²) < 4.78 is 11.1. The van der Waals surface area contributed by atoms with Crippen molar-refractivity contribution in [2.45, 2.75) is 18.9 Å². The van der Waals surface area contributed by atoms with E-state index in [4.69, 9.17) is 9.47 Å². The van der Waals surface area contributed by atoms with Gasteiger partial charge in [0.05, 0.1) is 6.10 Å². The zero-order chi connectivity index (χ0) is 13.8. The van der Waals surface area contributed by atoms with E-state index in [1.165, 1.54) is 0 Å². The third-order valence-corrected chi connectivity index (χ3v) is 2.81. The van der Waals surface area contributed by atoms with Gasteiger partial charge in [-0.2, -0.15) is 15.0 Å². The van der Waals surface area contributed by atoms with Crippen LogP contribution >= 0.6 is 0 Å². The lowest BCUT2D eigenvalue weighted by Crippen LogP contribution is -2.21. The third kappa shape index (κ3) is 3.66. The third-order valence-electron chi connectivity index (χ3n) is 2.81. The summed E-state index contributed by atoms with van der Waals surface area (Å²) in [4.78, 5) is 16.5. The van der Waals surface area contributed by atoms with Gasteiger partial charge in [-0.25, -0.2) is 0 Å². The van der Waals surface area contributed by atoms with Crippen LogP contribution in [0.15, 0.2) is 0 Å². The van der Waals surface area contributed by atoms with Gasteiger partial charge in [0.25, 0.3) is 0 Å². The molecule has 0 aromatic carbocycles. The second-order valence-corrected chi connectivity index (χ2v) is 4.95. The standard InChI is InChI=1S/C12H21N5O2/c1-16(2)10-13-11(17(3)4)15-12(14-10)19-8-9-6-5-7-18-9/h9H,5-8H2,1-4H3/t9-/m0/s1. The molecule has 0 spiro atoms. The lowest BCUT2D eigenvalue weighted by Gasteiger charge is -2.17. The van der Waals surface area contributed by atoms with E-state index < -0.39 is 0 Å². The highest BCUT2D eigenvalue weighted by Gasteiger charge is 2.18. The number of hydrogen-bond acceptors (Lipinski definition) is 7. The summed E-state index contributed by atoms with van der Waals surface area (Å²) in [6.07, 6.45) is 2.28. The number of rotatable bonds is 5. The molecule has 0 aliphatic carbocycles. The molecule has 0 unspecified atom stereocenters. The summed E-state index contributed by atoms with van der Waals surface area (Å²) in [6.45, 7) is 1.31. The Balaban J connectivity index is 2.09. The summed E-state index contributed by atoms with van der Waals surface area (Å²) in [5.74, 6) is 1.17. The molecule has 0 saturated carbocycles. The fraction of sp³-hybridized carbons (Fsp3) is 0.750. The highest BCUT2D eigenvalue weighted by Crippen LogP contribution is 2.17. The maximum atomic E-state index is 5.63. The van der Waals surface area contributed by atoms with Crippen LogP contribution in [0.3, 0.4) is 0 Å². The molecule has 2 rings (SSSR count). The first-order chi connectivity index (χ1) is 9.06. The van der Waals surface area contributed by atoms with Crippen molar-refractivity contribution in [1.82, 2.24) is 15.0 Å². The Morgan fingerprint density at radius 1 is 1.11 bits per heavy atom. The quantitative estimate of drug-likeness (QED) is 0.772. The highest BCUT2D eigenvalue weighted by atomic mass is 16.5. The van der Waals surface area contributed by atoms with Gasteiger partial charge in [0.2, 0.25) is 11.9 Å². The fourth-order valence-electron chi connectivity index (χ4n) is 1.74. The zero-order valence-corrected chi connectivity index (χ0v) is 12.0. The van der Waals surface area contributed by atoms with Gasteiger partial charge in [0.15, 0.2) is 0 Å². The topological polar surface area (TPSA) is 63.6 Å². The average molecular weight is 267 g/mol. The Bertz CT molecular complexity index is 392. The minimum atomic E-state index is 0.155. The summed E-state index contributed by atoms with van der Waals surface area (Å²) >= 11 is 0. The molecular weight excluding hydrogens is 246 g/mol. The van der Waals surface area contributed by atoms with E-state index in [0.717, 1.165) is 19.4 Å². The van der Waals surface area contributed by atoms with Crippen LogP contribution in [0.2, 0.25) is 0 Å². The molecule has 1 aromatic rings. The number of ether oxygens (including phenoxy) is 2. The Labute approximate surface area is 113 Å². The van der Waals surface area contributed by atoms with Gasteiger partial charge < -0.3 is 19.3 Å². The van der Waals surface area contributed by atoms with E-state index in [2.05, 4.69) is 15.0 Å². The lowest BCUT2D eigenvalue weighted by atomic mass is 10.2. The second kappa shape index (κ2) is 6.01. The highest BCUT2D eigenvalue weighted by molar-refractivity contribution is 5.37. The normalized spacial score (nSPS) is 18.4. The smallest absolute Gasteiger partial charge is 0.323 e. The Morgan fingerprint density at radius 2 is 1.74 bits per heavy atom. The predicted octanol–water partition coefficient (Wildman–Crippen LogP) is 0.561. The predicted molar refractivity (Wildman–Crippen MR) is 73.0 cm³/mol. The van der Waals surface area contributed by atoms with Crippen LogP contribution in [-0.4, -0.2) is 62.5 Å². The van der Waals surface area contributed by atoms with Crippen molar-refractivity contribution in [3.05, 3.63) is 0 Å². The van der Waals surface area contributed by atoms with Crippen LogP contribution in [0.25, 0.3) is 0 Å². The minimum Gasteiger partial charge on any atom is -0.461 e. The van der Waals surface area contributed by atoms with Gasteiger partial charge in [0, 0.05) is 34.8 Å². The average Bonchev–Trinajstić information content (AvgIpc) is 2.89. The molecule has 0 bridgehead atoms.